The first-order valence-electron chi connectivity index (χ1n) is 7.50. The van der Waals surface area contributed by atoms with Crippen LogP contribution in [-0.2, 0) is 13.6 Å². The van der Waals surface area contributed by atoms with Crippen LogP contribution in [0.1, 0.15) is 5.69 Å². The van der Waals surface area contributed by atoms with Gasteiger partial charge in [-0.05, 0) is 36.4 Å². The maximum absolute atomic E-state index is 12.9. The largest absolute Gasteiger partial charge is 0.355 e. The van der Waals surface area contributed by atoms with Gasteiger partial charge in [0.1, 0.15) is 5.82 Å². The van der Waals surface area contributed by atoms with Gasteiger partial charge in [-0.3, -0.25) is 4.99 Å². The maximum Gasteiger partial charge on any atom is 0.193 e. The van der Waals surface area contributed by atoms with E-state index in [1.54, 1.807) is 30.9 Å². The van der Waals surface area contributed by atoms with Gasteiger partial charge in [-0.1, -0.05) is 0 Å². The summed E-state index contributed by atoms with van der Waals surface area (Å²) in [7, 11) is 5.85. The van der Waals surface area contributed by atoms with Crippen LogP contribution in [0.2, 0.25) is 0 Å². The van der Waals surface area contributed by atoms with Crippen LogP contribution in [0.5, 0.6) is 0 Å². The number of rotatable bonds is 6. The number of aryl methyl sites for hydroxylation is 1. The molecule has 23 heavy (non-hydrogen) atoms. The maximum atomic E-state index is 12.9. The Kier molecular flexibility index (Phi) is 6.52. The lowest BCUT2D eigenvalue weighted by Crippen LogP contribution is -2.39. The van der Waals surface area contributed by atoms with Crippen LogP contribution in [0.3, 0.4) is 0 Å². The molecule has 0 spiro atoms. The van der Waals surface area contributed by atoms with E-state index in [2.05, 4.69) is 25.8 Å². The van der Waals surface area contributed by atoms with Crippen LogP contribution in [0.15, 0.2) is 52.5 Å². The molecule has 1 aromatic carbocycles. The van der Waals surface area contributed by atoms with Gasteiger partial charge in [0.15, 0.2) is 5.96 Å². The van der Waals surface area contributed by atoms with Gasteiger partial charge in [0.05, 0.1) is 6.54 Å². The molecule has 0 radical (unpaired) electrons. The first kappa shape index (κ1) is 17.4. The van der Waals surface area contributed by atoms with E-state index in [1.807, 2.05) is 26.4 Å². The van der Waals surface area contributed by atoms with Gasteiger partial charge >= 0.3 is 0 Å². The fourth-order valence-corrected chi connectivity index (χ4v) is 2.99. The molecule has 6 heteroatoms. The molecule has 0 saturated carbocycles. The minimum absolute atomic E-state index is 0.199. The second-order valence-electron chi connectivity index (χ2n) is 5.24. The van der Waals surface area contributed by atoms with E-state index in [1.165, 1.54) is 17.8 Å². The molecule has 124 valence electrons. The minimum Gasteiger partial charge on any atom is -0.355 e. The van der Waals surface area contributed by atoms with Crippen molar-refractivity contribution in [3.63, 3.8) is 0 Å². The van der Waals surface area contributed by atoms with E-state index < -0.39 is 0 Å². The molecule has 0 fully saturated rings. The van der Waals surface area contributed by atoms with Crippen molar-refractivity contribution in [3.8, 4) is 0 Å². The van der Waals surface area contributed by atoms with Crippen molar-refractivity contribution in [1.29, 1.82) is 0 Å². The zero-order chi connectivity index (χ0) is 16.7. The molecule has 4 nitrogen and oxygen atoms in total. The van der Waals surface area contributed by atoms with E-state index in [4.69, 9.17) is 0 Å². The smallest absolute Gasteiger partial charge is 0.193 e. The number of thioether (sulfide) groups is 1. The molecule has 0 saturated heterocycles. The molecule has 0 atom stereocenters. The second kappa shape index (κ2) is 8.62. The molecule has 0 aliphatic carbocycles. The van der Waals surface area contributed by atoms with Crippen LogP contribution in [0.25, 0.3) is 0 Å². The highest BCUT2D eigenvalue weighted by Crippen LogP contribution is 2.17. The lowest BCUT2D eigenvalue weighted by molar-refractivity contribution is 0.464. The molecular formula is C17H23FN4S. The van der Waals surface area contributed by atoms with E-state index in [0.717, 1.165) is 29.7 Å². The fraction of sp³-hybridized carbons (Fsp3) is 0.353. The Morgan fingerprint density at radius 1 is 1.30 bits per heavy atom. The van der Waals surface area contributed by atoms with Gasteiger partial charge in [-0.15, -0.1) is 11.8 Å². The topological polar surface area (TPSA) is 32.6 Å². The number of benzene rings is 1. The quantitative estimate of drug-likeness (QED) is 0.381. The average molecular weight is 334 g/mol. The van der Waals surface area contributed by atoms with Gasteiger partial charge in [0.2, 0.25) is 0 Å². The Bertz CT molecular complexity index is 636. The molecule has 0 aliphatic heterocycles. The third-order valence-corrected chi connectivity index (χ3v) is 4.51. The van der Waals surface area contributed by atoms with Crippen LogP contribution < -0.4 is 5.32 Å². The van der Waals surface area contributed by atoms with Crippen LogP contribution >= 0.6 is 11.8 Å². The number of nitrogens with zero attached hydrogens (tertiary/aromatic N) is 3. The van der Waals surface area contributed by atoms with Gasteiger partial charge in [-0.25, -0.2) is 4.39 Å². The third-order valence-electron chi connectivity index (χ3n) is 3.49. The Morgan fingerprint density at radius 2 is 2.04 bits per heavy atom. The molecule has 0 unspecified atom stereocenters. The molecule has 0 amide bonds. The van der Waals surface area contributed by atoms with Crippen LogP contribution in [-0.4, -0.2) is 41.8 Å². The number of halogens is 1. The summed E-state index contributed by atoms with van der Waals surface area (Å²) in [6, 6.07) is 10.7. The lowest BCUT2D eigenvalue weighted by atomic mass is 10.4. The van der Waals surface area contributed by atoms with Crippen molar-refractivity contribution >= 4 is 17.7 Å². The number of aliphatic imine (C=N–C) groups is 1. The lowest BCUT2D eigenvalue weighted by Gasteiger charge is -2.22. The summed E-state index contributed by atoms with van der Waals surface area (Å²) in [5, 5.41) is 3.35. The summed E-state index contributed by atoms with van der Waals surface area (Å²) in [6.45, 7) is 1.60. The number of nitrogens with one attached hydrogen (secondary N) is 1. The summed E-state index contributed by atoms with van der Waals surface area (Å²) < 4.78 is 15.0. The van der Waals surface area contributed by atoms with Crippen molar-refractivity contribution in [3.05, 3.63) is 54.1 Å². The SMILES string of the molecule is CN=C(NCCSc1ccc(F)cc1)N(C)Cc1cccn1C. The van der Waals surface area contributed by atoms with Crippen molar-refractivity contribution in [2.75, 3.05) is 26.4 Å². The molecule has 1 aromatic heterocycles. The predicted octanol–water partition coefficient (Wildman–Crippen LogP) is 2.96. The van der Waals surface area contributed by atoms with E-state index in [0.29, 0.717) is 0 Å². The molecule has 1 N–H and O–H groups in total. The normalized spacial score (nSPS) is 11.6. The van der Waals surface area contributed by atoms with Crippen LogP contribution in [0, 0.1) is 5.82 Å². The molecule has 0 aliphatic rings. The monoisotopic (exact) mass is 334 g/mol. The highest BCUT2D eigenvalue weighted by atomic mass is 32.2. The number of hydrogen-bond acceptors (Lipinski definition) is 2. The molecule has 2 rings (SSSR count). The molecule has 2 aromatic rings. The summed E-state index contributed by atoms with van der Waals surface area (Å²) in [6.07, 6.45) is 2.04. The highest BCUT2D eigenvalue weighted by molar-refractivity contribution is 7.99. The number of guanidine groups is 1. The number of hydrogen-bond donors (Lipinski definition) is 1. The summed E-state index contributed by atoms with van der Waals surface area (Å²) in [4.78, 5) is 7.48. The third kappa shape index (κ3) is 5.32. The van der Waals surface area contributed by atoms with Gasteiger partial charge < -0.3 is 14.8 Å². The van der Waals surface area contributed by atoms with E-state index >= 15 is 0 Å². The zero-order valence-electron chi connectivity index (χ0n) is 13.8. The Labute approximate surface area is 141 Å². The van der Waals surface area contributed by atoms with Gasteiger partial charge in [-0.2, -0.15) is 0 Å². The standard InChI is InChI=1S/C17H23FN4S/c1-19-17(22(3)13-15-5-4-11-21(15)2)20-10-12-23-16-8-6-14(18)7-9-16/h4-9,11H,10,12-13H2,1-3H3,(H,19,20). The molecular weight excluding hydrogens is 311 g/mol. The second-order valence-corrected chi connectivity index (χ2v) is 6.41. The Morgan fingerprint density at radius 3 is 2.65 bits per heavy atom. The zero-order valence-corrected chi connectivity index (χ0v) is 14.6. The minimum atomic E-state index is -0.199. The number of aromatic nitrogens is 1. The van der Waals surface area contributed by atoms with E-state index in [9.17, 15) is 4.39 Å². The first-order chi connectivity index (χ1) is 11.1. The molecule has 0 bridgehead atoms. The highest BCUT2D eigenvalue weighted by Gasteiger charge is 2.07. The van der Waals surface area contributed by atoms with Crippen LogP contribution in [0.4, 0.5) is 4.39 Å². The van der Waals surface area contributed by atoms with Crippen molar-refractivity contribution in [2.45, 2.75) is 11.4 Å². The van der Waals surface area contributed by atoms with Crippen molar-refractivity contribution < 1.29 is 4.39 Å². The first-order valence-corrected chi connectivity index (χ1v) is 8.49. The molecule has 1 heterocycles. The average Bonchev–Trinajstić information content (AvgIpc) is 2.94. The summed E-state index contributed by atoms with van der Waals surface area (Å²) in [5.74, 6) is 1.56. The fourth-order valence-electron chi connectivity index (χ4n) is 2.23. The van der Waals surface area contributed by atoms with Gasteiger partial charge in [0, 0.05) is 50.2 Å². The predicted molar refractivity (Wildman–Crippen MR) is 95.4 cm³/mol. The summed E-state index contributed by atoms with van der Waals surface area (Å²) >= 11 is 1.69. The Balaban J connectivity index is 1.76. The van der Waals surface area contributed by atoms with E-state index in [-0.39, 0.29) is 5.82 Å². The van der Waals surface area contributed by atoms with Crippen molar-refractivity contribution in [2.24, 2.45) is 12.0 Å². The van der Waals surface area contributed by atoms with Crippen molar-refractivity contribution in [1.82, 2.24) is 14.8 Å². The van der Waals surface area contributed by atoms with Gasteiger partial charge in [0.25, 0.3) is 0 Å². The Hall–Kier alpha value is -1.95. The summed E-state index contributed by atoms with van der Waals surface area (Å²) in [5.41, 5.74) is 1.23.